The van der Waals surface area contributed by atoms with E-state index in [1.165, 1.54) is 10.6 Å². The molecule has 2 bridgehead atoms. The van der Waals surface area contributed by atoms with Gasteiger partial charge in [0.25, 0.3) is 5.91 Å². The molecule has 2 saturated heterocycles. The fourth-order valence-corrected chi connectivity index (χ4v) is 5.54. The van der Waals surface area contributed by atoms with Gasteiger partial charge in [-0.15, -0.1) is 5.10 Å². The molecule has 3 N–H and O–H groups in total. The first kappa shape index (κ1) is 21.8. The van der Waals surface area contributed by atoms with Gasteiger partial charge in [0.1, 0.15) is 11.3 Å². The number of fused-ring (bicyclic) bond motifs is 5. The van der Waals surface area contributed by atoms with E-state index in [1.807, 2.05) is 4.90 Å². The van der Waals surface area contributed by atoms with Gasteiger partial charge in [-0.05, 0) is 56.4 Å². The highest BCUT2D eigenvalue weighted by molar-refractivity contribution is 5.95. The Morgan fingerprint density at radius 3 is 2.57 bits per heavy atom. The minimum absolute atomic E-state index is 0.0420. The predicted molar refractivity (Wildman–Crippen MR) is 125 cm³/mol. The van der Waals surface area contributed by atoms with Gasteiger partial charge in [0.05, 0.1) is 16.4 Å². The number of carbonyl (C=O) groups excluding carboxylic acids is 1. The lowest BCUT2D eigenvalue weighted by atomic mass is 9.58. The number of anilines is 1. The second-order valence-electron chi connectivity index (χ2n) is 10.3. The average Bonchev–Trinajstić information content (AvgIpc) is 3.26. The average molecular weight is 479 g/mol. The Labute approximate surface area is 199 Å². The van der Waals surface area contributed by atoms with Crippen LogP contribution in [0.2, 0.25) is 0 Å². The van der Waals surface area contributed by atoms with Crippen LogP contribution < -0.4 is 5.73 Å². The second kappa shape index (κ2) is 7.17. The van der Waals surface area contributed by atoms with Crippen LogP contribution >= 0.6 is 0 Å². The SMILES string of the molecule is CC(C)(O)c1ccc(C(=O)N2CC3CC(c4nc5c6cc(F)cc(F)c6nc(N)n5n4)(C3)C2)cc1. The molecule has 2 aromatic carbocycles. The third-order valence-electron chi connectivity index (χ3n) is 7.25. The molecule has 1 saturated carbocycles. The number of nitrogens with two attached hydrogens (primary N) is 1. The summed E-state index contributed by atoms with van der Waals surface area (Å²) >= 11 is 0. The zero-order chi connectivity index (χ0) is 24.7. The molecule has 0 radical (unpaired) electrons. The predicted octanol–water partition coefficient (Wildman–Crippen LogP) is 3.17. The summed E-state index contributed by atoms with van der Waals surface area (Å²) in [6.45, 7) is 4.47. The van der Waals surface area contributed by atoms with E-state index in [-0.39, 0.29) is 28.4 Å². The van der Waals surface area contributed by atoms with Crippen LogP contribution in [-0.2, 0) is 11.0 Å². The monoisotopic (exact) mass is 478 g/mol. The standard InChI is InChI=1S/C25H24F2N6O2/c1-24(2,35)15-5-3-14(4-6-15)21(34)32-11-13-9-25(10-13,12-32)22-30-20-17-7-16(26)8-18(27)19(17)29-23(28)33(20)31-22/h3-8,13,35H,9-12H2,1-2H3,(H2,28,29). The number of piperidine rings is 2. The van der Waals surface area contributed by atoms with Gasteiger partial charge in [0, 0.05) is 24.7 Å². The Bertz CT molecular complexity index is 1500. The number of hydrogen-bond donors (Lipinski definition) is 2. The highest BCUT2D eigenvalue weighted by Gasteiger charge is 2.54. The van der Waals surface area contributed by atoms with E-state index in [1.54, 1.807) is 38.1 Å². The van der Waals surface area contributed by atoms with Gasteiger partial charge in [-0.25, -0.2) is 18.7 Å². The van der Waals surface area contributed by atoms with Crippen molar-refractivity contribution in [1.82, 2.24) is 24.5 Å². The maximum Gasteiger partial charge on any atom is 0.253 e. The van der Waals surface area contributed by atoms with E-state index in [4.69, 9.17) is 5.73 Å². The molecule has 2 aromatic heterocycles. The first-order valence-electron chi connectivity index (χ1n) is 11.5. The van der Waals surface area contributed by atoms with Crippen molar-refractivity contribution < 1.29 is 18.7 Å². The van der Waals surface area contributed by atoms with Crippen LogP contribution in [0.4, 0.5) is 14.7 Å². The zero-order valence-corrected chi connectivity index (χ0v) is 19.3. The molecule has 2 aliphatic heterocycles. The summed E-state index contributed by atoms with van der Waals surface area (Å²) in [6.07, 6.45) is 1.64. The molecule has 3 fully saturated rings. The Balaban J connectivity index is 1.35. The number of carbonyl (C=O) groups is 1. The minimum atomic E-state index is -0.986. The van der Waals surface area contributed by atoms with Gasteiger partial charge < -0.3 is 15.7 Å². The highest BCUT2D eigenvalue weighted by atomic mass is 19.1. The summed E-state index contributed by atoms with van der Waals surface area (Å²) in [6, 6.07) is 8.91. The topological polar surface area (TPSA) is 110 Å². The van der Waals surface area contributed by atoms with Crippen molar-refractivity contribution in [2.75, 3.05) is 18.8 Å². The molecule has 0 atom stereocenters. The Kier molecular flexibility index (Phi) is 4.48. The summed E-state index contributed by atoms with van der Waals surface area (Å²) in [5, 5.41) is 14.9. The van der Waals surface area contributed by atoms with Crippen molar-refractivity contribution in [1.29, 1.82) is 0 Å². The first-order valence-corrected chi connectivity index (χ1v) is 11.5. The summed E-state index contributed by atoms with van der Waals surface area (Å²) < 4.78 is 29.6. The number of amides is 1. The van der Waals surface area contributed by atoms with E-state index >= 15 is 0 Å². The van der Waals surface area contributed by atoms with Crippen LogP contribution in [0.1, 0.15) is 48.4 Å². The van der Waals surface area contributed by atoms with Crippen molar-refractivity contribution in [2.45, 2.75) is 37.7 Å². The van der Waals surface area contributed by atoms with Gasteiger partial charge in [-0.1, -0.05) is 12.1 Å². The van der Waals surface area contributed by atoms with Crippen molar-refractivity contribution >= 4 is 28.4 Å². The van der Waals surface area contributed by atoms with Gasteiger partial charge in [0.2, 0.25) is 5.95 Å². The molecule has 180 valence electrons. The molecule has 3 aliphatic rings. The van der Waals surface area contributed by atoms with Gasteiger partial charge in [-0.3, -0.25) is 4.79 Å². The Hall–Kier alpha value is -3.66. The molecule has 1 aliphatic carbocycles. The van der Waals surface area contributed by atoms with Crippen LogP contribution in [-0.4, -0.2) is 48.6 Å². The molecule has 1 amide bonds. The molecule has 4 heterocycles. The lowest BCUT2D eigenvalue weighted by molar-refractivity contribution is -0.00287. The fraction of sp³-hybridized carbons (Fsp3) is 0.360. The lowest BCUT2D eigenvalue weighted by Gasteiger charge is -2.54. The molecule has 8 nitrogen and oxygen atoms in total. The van der Waals surface area contributed by atoms with Crippen molar-refractivity contribution in [3.8, 4) is 0 Å². The molecular weight excluding hydrogens is 454 g/mol. The number of nitrogens with zero attached hydrogens (tertiary/aromatic N) is 5. The number of hydrogen-bond acceptors (Lipinski definition) is 6. The van der Waals surface area contributed by atoms with E-state index in [0.29, 0.717) is 30.4 Å². The first-order chi connectivity index (χ1) is 16.5. The third-order valence-corrected chi connectivity index (χ3v) is 7.25. The van der Waals surface area contributed by atoms with Crippen LogP contribution in [0.15, 0.2) is 36.4 Å². The molecule has 0 unspecified atom stereocenters. The highest BCUT2D eigenvalue weighted by Crippen LogP contribution is 2.51. The van der Waals surface area contributed by atoms with Crippen LogP contribution in [0.5, 0.6) is 0 Å². The number of aliphatic hydroxyl groups is 1. The molecule has 35 heavy (non-hydrogen) atoms. The number of rotatable bonds is 3. The molecular formula is C25H24F2N6O2. The summed E-state index contributed by atoms with van der Waals surface area (Å²) in [5.74, 6) is -0.878. The van der Waals surface area contributed by atoms with Crippen LogP contribution in [0, 0.1) is 17.6 Å². The van der Waals surface area contributed by atoms with Crippen molar-refractivity contribution in [3.05, 3.63) is 65.0 Å². The summed E-state index contributed by atoms with van der Waals surface area (Å²) in [5.41, 5.74) is 6.04. The van der Waals surface area contributed by atoms with Crippen molar-refractivity contribution in [3.63, 3.8) is 0 Å². The van der Waals surface area contributed by atoms with Gasteiger partial charge in [0.15, 0.2) is 17.3 Å². The molecule has 0 spiro atoms. The molecule has 4 aromatic rings. The Morgan fingerprint density at radius 1 is 1.17 bits per heavy atom. The third kappa shape index (κ3) is 3.35. The maximum absolute atomic E-state index is 14.3. The van der Waals surface area contributed by atoms with E-state index in [0.717, 1.165) is 24.5 Å². The maximum atomic E-state index is 14.3. The van der Waals surface area contributed by atoms with Crippen molar-refractivity contribution in [2.24, 2.45) is 5.92 Å². The Morgan fingerprint density at radius 2 is 1.89 bits per heavy atom. The smallest absolute Gasteiger partial charge is 0.253 e. The van der Waals surface area contributed by atoms with E-state index < -0.39 is 22.7 Å². The number of halogens is 2. The second-order valence-corrected chi connectivity index (χ2v) is 10.3. The van der Waals surface area contributed by atoms with E-state index in [9.17, 15) is 18.7 Å². The number of benzene rings is 2. The molecule has 7 rings (SSSR count). The quantitative estimate of drug-likeness (QED) is 0.468. The van der Waals surface area contributed by atoms with Gasteiger partial charge in [-0.2, -0.15) is 4.52 Å². The summed E-state index contributed by atoms with van der Waals surface area (Å²) in [4.78, 5) is 23.8. The molecule has 10 heteroatoms. The zero-order valence-electron chi connectivity index (χ0n) is 19.3. The largest absolute Gasteiger partial charge is 0.386 e. The lowest BCUT2D eigenvalue weighted by Crippen LogP contribution is -2.60. The van der Waals surface area contributed by atoms with Gasteiger partial charge >= 0.3 is 0 Å². The number of nitrogen functional groups attached to an aromatic ring is 1. The minimum Gasteiger partial charge on any atom is -0.386 e. The van der Waals surface area contributed by atoms with Crippen LogP contribution in [0.25, 0.3) is 16.6 Å². The summed E-state index contributed by atoms with van der Waals surface area (Å²) in [7, 11) is 0. The number of aromatic nitrogens is 4. The van der Waals surface area contributed by atoms with E-state index in [2.05, 4.69) is 15.1 Å². The normalized spacial score (nSPS) is 22.0. The fourth-order valence-electron chi connectivity index (χ4n) is 5.54. The van der Waals surface area contributed by atoms with Crippen LogP contribution in [0.3, 0.4) is 0 Å².